The van der Waals surface area contributed by atoms with Crippen molar-refractivity contribution in [2.45, 2.75) is 133 Å². The van der Waals surface area contributed by atoms with E-state index < -0.39 is 0 Å². The number of anilines is 4. The number of rotatable bonds is 16. The van der Waals surface area contributed by atoms with Gasteiger partial charge in [0.1, 0.15) is 6.17 Å². The molecule has 0 bridgehead atoms. The van der Waals surface area contributed by atoms with Crippen molar-refractivity contribution in [2.75, 3.05) is 16.0 Å². The Balaban J connectivity index is 0.000000438. The van der Waals surface area contributed by atoms with Gasteiger partial charge in [-0.2, -0.15) is 0 Å². The Kier molecular flexibility index (Phi) is 30.5. The lowest BCUT2D eigenvalue weighted by Crippen LogP contribution is -2.28. The highest BCUT2D eigenvalue weighted by atomic mass is 15.3. The number of nitrogens with one attached hydrogen (secondary N) is 2. The first-order valence-corrected chi connectivity index (χ1v) is 27.9. The Hall–Kier alpha value is -7.81. The molecule has 1 aliphatic carbocycles. The van der Waals surface area contributed by atoms with Crippen molar-refractivity contribution >= 4 is 34.0 Å². The smallest absolute Gasteiger partial charge is 0.130 e. The molecule has 0 saturated heterocycles. The number of allylic oxidation sites excluding steroid dienone is 10. The summed E-state index contributed by atoms with van der Waals surface area (Å²) in [5, 5.41) is 7.12. The van der Waals surface area contributed by atoms with E-state index in [1.54, 1.807) is 0 Å². The molecule has 0 spiro atoms. The number of aryl methyl sites for hydroxylation is 2. The highest BCUT2D eigenvalue weighted by molar-refractivity contribution is 6.00. The molecule has 77 heavy (non-hydrogen) atoms. The lowest BCUT2D eigenvalue weighted by atomic mass is 9.89. The molecule has 4 N–H and O–H groups in total. The van der Waals surface area contributed by atoms with E-state index in [9.17, 15) is 0 Å². The van der Waals surface area contributed by atoms with Crippen LogP contribution >= 0.6 is 0 Å². The third-order valence-corrected chi connectivity index (χ3v) is 12.6. The second kappa shape index (κ2) is 37.0. The van der Waals surface area contributed by atoms with Gasteiger partial charge >= 0.3 is 0 Å². The summed E-state index contributed by atoms with van der Waals surface area (Å²) in [5.74, 6) is 0.884. The molecule has 0 radical (unpaired) electrons. The highest BCUT2D eigenvalue weighted by Gasteiger charge is 2.33. The molecule has 5 heteroatoms. The fraction of sp³-hybridized carbons (Fsp3) is 0.292. The van der Waals surface area contributed by atoms with E-state index in [1.165, 1.54) is 69.7 Å². The number of aliphatic imine (C=N–C) groups is 1. The number of nitrogen functional groups attached to an aromatic ring is 1. The number of nitrogens with two attached hydrogens (primary N) is 1. The summed E-state index contributed by atoms with van der Waals surface area (Å²) in [7, 11) is 0. The predicted molar refractivity (Wildman–Crippen MR) is 342 cm³/mol. The molecule has 1 aliphatic heterocycles. The molecule has 0 saturated carbocycles. The summed E-state index contributed by atoms with van der Waals surface area (Å²) in [5.41, 5.74) is 23.2. The van der Waals surface area contributed by atoms with Gasteiger partial charge in [-0.25, -0.2) is 0 Å². The lowest BCUT2D eigenvalue weighted by Gasteiger charge is -2.29. The summed E-state index contributed by atoms with van der Waals surface area (Å²) >= 11 is 0. The number of nitrogens with zero attached hydrogens (tertiary/aromatic N) is 2. The first kappa shape index (κ1) is 63.5. The van der Waals surface area contributed by atoms with Crippen LogP contribution in [0.25, 0.3) is 5.57 Å². The van der Waals surface area contributed by atoms with Crippen LogP contribution < -0.4 is 21.3 Å². The third kappa shape index (κ3) is 21.8. The van der Waals surface area contributed by atoms with Crippen LogP contribution in [0.4, 0.5) is 22.7 Å². The van der Waals surface area contributed by atoms with Crippen molar-refractivity contribution < 1.29 is 0 Å². The normalized spacial score (nSPS) is 13.8. The van der Waals surface area contributed by atoms with Crippen molar-refractivity contribution in [1.82, 2.24) is 5.32 Å². The number of hydrogen-bond acceptors (Lipinski definition) is 5. The van der Waals surface area contributed by atoms with Crippen molar-refractivity contribution in [1.29, 1.82) is 0 Å². The van der Waals surface area contributed by atoms with Gasteiger partial charge in [-0.15, -0.1) is 19.4 Å². The molecule has 1 heterocycles. The molecule has 0 fully saturated rings. The Morgan fingerprint density at radius 3 is 1.92 bits per heavy atom. The average molecular weight is 1030 g/mol. The van der Waals surface area contributed by atoms with Crippen molar-refractivity contribution in [3.63, 3.8) is 0 Å². The van der Waals surface area contributed by atoms with Gasteiger partial charge in [0.05, 0.1) is 17.1 Å². The van der Waals surface area contributed by atoms with Gasteiger partial charge in [-0.05, 0) is 136 Å². The average Bonchev–Trinajstić information content (AvgIpc) is 3.87. The molecular weight excluding hydrogens is 935 g/mol. The van der Waals surface area contributed by atoms with Gasteiger partial charge < -0.3 is 21.3 Å². The summed E-state index contributed by atoms with van der Waals surface area (Å²) in [4.78, 5) is 7.78. The second-order valence-electron chi connectivity index (χ2n) is 19.3. The van der Waals surface area contributed by atoms with Gasteiger partial charge in [0.15, 0.2) is 0 Å². The molecule has 8 rings (SSSR count). The molecule has 0 aromatic heterocycles. The summed E-state index contributed by atoms with van der Waals surface area (Å²) < 4.78 is 0. The minimum absolute atomic E-state index is 0.0326. The van der Waals surface area contributed by atoms with E-state index in [-0.39, 0.29) is 6.17 Å². The summed E-state index contributed by atoms with van der Waals surface area (Å²) in [6, 6.07) is 57.1. The van der Waals surface area contributed by atoms with E-state index in [0.29, 0.717) is 0 Å². The minimum atomic E-state index is 0.0326. The Bertz CT molecular complexity index is 2790. The molecule has 6 aromatic rings. The maximum atomic E-state index is 5.81. The molecule has 6 aromatic carbocycles. The lowest BCUT2D eigenvalue weighted by molar-refractivity contribution is 0.626. The zero-order valence-corrected chi connectivity index (χ0v) is 48.4. The number of terminal acetylenes is 1. The van der Waals surface area contributed by atoms with E-state index in [2.05, 4.69) is 244 Å². The van der Waals surface area contributed by atoms with Crippen molar-refractivity contribution in [2.24, 2.45) is 10.9 Å². The number of para-hydroxylation sites is 4. The number of hydrogen-bond donors (Lipinski definition) is 3. The Morgan fingerprint density at radius 1 is 0.792 bits per heavy atom. The molecule has 1 atom stereocenters. The molecule has 1 unspecified atom stereocenters. The second-order valence-corrected chi connectivity index (χ2v) is 19.3. The fourth-order valence-corrected chi connectivity index (χ4v) is 8.16. The maximum absolute atomic E-state index is 5.81. The zero-order chi connectivity index (χ0) is 56.2. The van der Waals surface area contributed by atoms with E-state index in [4.69, 9.17) is 10.7 Å². The van der Waals surface area contributed by atoms with Crippen molar-refractivity contribution in [3.05, 3.63) is 257 Å². The number of benzene rings is 6. The van der Waals surface area contributed by atoms with Crippen LogP contribution in [-0.4, -0.2) is 5.71 Å². The Labute approximate surface area is 467 Å². The molecule has 2 aliphatic rings. The first-order chi connectivity index (χ1) is 37.5. The van der Waals surface area contributed by atoms with Gasteiger partial charge in [-0.1, -0.05) is 231 Å². The van der Waals surface area contributed by atoms with E-state index in [0.717, 1.165) is 78.5 Å². The van der Waals surface area contributed by atoms with Crippen LogP contribution in [0.3, 0.4) is 0 Å². The largest absolute Gasteiger partial charge is 0.397 e. The third-order valence-electron chi connectivity index (χ3n) is 12.6. The van der Waals surface area contributed by atoms with Crippen LogP contribution in [0.15, 0.2) is 234 Å². The SMILES string of the molecule is C#C.C=CCCC.CCC.CCC(C)C.C\C=C/C=C(CCc1ccc(C)cc1)/C(=C(\CC)N=C(C)c1ccccc1)c1ccc(C2NC3=C(C=CCC3)N2c2ccccc2)cc1.Nc1ccccc1Nc1ccccc1. The maximum Gasteiger partial charge on any atom is 0.130 e. The standard InChI is InChI=1S/C45H47N3.C12H12N2.C5H12.C5H10.C3H8.C2H2/c1-5-7-16-37(28-27-35-25-23-33(3)24-26-35)44(41(6-2)46-34(4)36-17-10-8-11-18-36)38-29-31-39(32-30-38)45-47-42-21-14-15-22-43(42)48(45)40-19-12-9-13-20-40;13-11-8-4-5-9-12(11)14-10-6-2-1-3-7-10;1-4-5(2)3;1-3-5-4-2;1-3-2;1-2/h5,7-13,15-20,22-26,29-32,45,47H,6,14,21,27-28H2,1-4H3;1-9,14H,13H2;5H,4H2,1-3H3;3H,1,4-5H2,2H3;3H2,1-2H3;1-2H/b7-5-,37-16+,44-41-,46-34?;;;;;. The topological polar surface area (TPSA) is 65.7 Å². The van der Waals surface area contributed by atoms with Crippen LogP contribution in [0, 0.1) is 25.7 Å². The quantitative estimate of drug-likeness (QED) is 0.0297. The molecule has 5 nitrogen and oxygen atoms in total. The van der Waals surface area contributed by atoms with Crippen LogP contribution in [-0.2, 0) is 6.42 Å². The van der Waals surface area contributed by atoms with Crippen LogP contribution in [0.5, 0.6) is 0 Å². The summed E-state index contributed by atoms with van der Waals surface area (Å²) in [6.07, 6.45) is 30.9. The summed E-state index contributed by atoms with van der Waals surface area (Å²) in [6.45, 7) is 25.2. The van der Waals surface area contributed by atoms with Gasteiger partial charge in [0, 0.05) is 34.1 Å². The Morgan fingerprint density at radius 2 is 1.38 bits per heavy atom. The van der Waals surface area contributed by atoms with Gasteiger partial charge in [0.2, 0.25) is 0 Å². The van der Waals surface area contributed by atoms with Crippen LogP contribution in [0.1, 0.15) is 148 Å². The molecule has 0 amide bonds. The van der Waals surface area contributed by atoms with E-state index >= 15 is 0 Å². The first-order valence-electron chi connectivity index (χ1n) is 27.9. The van der Waals surface area contributed by atoms with Gasteiger partial charge in [-0.3, -0.25) is 4.99 Å². The number of unbranched alkanes of at least 4 members (excludes halogenated alkanes) is 1. The van der Waals surface area contributed by atoms with Crippen LogP contribution in [0.2, 0.25) is 0 Å². The highest BCUT2D eigenvalue weighted by Crippen LogP contribution is 2.40. The molecule has 404 valence electrons. The molecular formula is C72H91N5. The monoisotopic (exact) mass is 1030 g/mol. The predicted octanol–water partition coefficient (Wildman–Crippen LogP) is 20.1. The fourth-order valence-electron chi connectivity index (χ4n) is 8.16. The van der Waals surface area contributed by atoms with E-state index in [1.807, 2.05) is 60.7 Å². The minimum Gasteiger partial charge on any atom is -0.397 e. The zero-order valence-electron chi connectivity index (χ0n) is 48.4. The van der Waals surface area contributed by atoms with Gasteiger partial charge in [0.25, 0.3) is 0 Å². The van der Waals surface area contributed by atoms with Crippen molar-refractivity contribution in [3.8, 4) is 12.8 Å².